The van der Waals surface area contributed by atoms with E-state index in [0.29, 0.717) is 12.1 Å². The first kappa shape index (κ1) is 17.7. The van der Waals surface area contributed by atoms with E-state index in [0.717, 1.165) is 32.4 Å². The van der Waals surface area contributed by atoms with Gasteiger partial charge in [-0.25, -0.2) is 9.36 Å². The van der Waals surface area contributed by atoms with Gasteiger partial charge in [0.15, 0.2) is 0 Å². The Kier molecular flexibility index (Phi) is 4.44. The van der Waals surface area contributed by atoms with Crippen LogP contribution in [0.15, 0.2) is 57.9 Å². The number of rotatable bonds is 3. The molecule has 0 radical (unpaired) electrons. The Bertz CT molecular complexity index is 1210. The summed E-state index contributed by atoms with van der Waals surface area (Å²) in [6.07, 6.45) is 1.72. The second-order valence-electron chi connectivity index (χ2n) is 6.78. The van der Waals surface area contributed by atoms with Crippen LogP contribution in [0.25, 0.3) is 16.6 Å². The summed E-state index contributed by atoms with van der Waals surface area (Å²) in [6, 6.07) is 14.0. The smallest absolute Gasteiger partial charge is 0.265 e. The van der Waals surface area contributed by atoms with Gasteiger partial charge < -0.3 is 0 Å². The van der Waals surface area contributed by atoms with Gasteiger partial charge in [0.2, 0.25) is 0 Å². The largest absolute Gasteiger partial charge is 0.293 e. The fourth-order valence-corrected chi connectivity index (χ4v) is 3.58. The van der Waals surface area contributed by atoms with Gasteiger partial charge in [-0.15, -0.1) is 0 Å². The summed E-state index contributed by atoms with van der Waals surface area (Å²) in [4.78, 5) is 13.2. The van der Waals surface area contributed by atoms with Gasteiger partial charge in [-0.2, -0.15) is 10.2 Å². The van der Waals surface area contributed by atoms with Gasteiger partial charge in [0.1, 0.15) is 5.52 Å². The molecule has 136 valence electrons. The van der Waals surface area contributed by atoms with Crippen molar-refractivity contribution in [2.45, 2.75) is 27.3 Å². The van der Waals surface area contributed by atoms with Crippen molar-refractivity contribution < 1.29 is 0 Å². The highest BCUT2D eigenvalue weighted by molar-refractivity contribution is 9.10. The van der Waals surface area contributed by atoms with E-state index in [1.807, 2.05) is 50.2 Å². The van der Waals surface area contributed by atoms with E-state index in [-0.39, 0.29) is 5.56 Å². The van der Waals surface area contributed by atoms with E-state index >= 15 is 0 Å². The van der Waals surface area contributed by atoms with Crippen molar-refractivity contribution >= 4 is 26.8 Å². The Labute approximate surface area is 165 Å². The molecule has 0 saturated carbocycles. The zero-order valence-corrected chi connectivity index (χ0v) is 17.0. The highest BCUT2D eigenvalue weighted by atomic mass is 79.9. The molecule has 27 heavy (non-hydrogen) atoms. The highest BCUT2D eigenvalue weighted by Crippen LogP contribution is 2.21. The molecule has 5 nitrogen and oxygen atoms in total. The van der Waals surface area contributed by atoms with Gasteiger partial charge >= 0.3 is 0 Å². The van der Waals surface area contributed by atoms with Gasteiger partial charge in [-0.3, -0.25) is 4.79 Å². The summed E-state index contributed by atoms with van der Waals surface area (Å²) in [6.45, 7) is 6.41. The Hall–Kier alpha value is -2.73. The Morgan fingerprint density at radius 2 is 1.78 bits per heavy atom. The number of aryl methyl sites for hydroxylation is 3. The van der Waals surface area contributed by atoms with Crippen molar-refractivity contribution in [1.82, 2.24) is 19.6 Å². The Morgan fingerprint density at radius 1 is 1.04 bits per heavy atom. The van der Waals surface area contributed by atoms with E-state index in [9.17, 15) is 4.79 Å². The van der Waals surface area contributed by atoms with Crippen molar-refractivity contribution in [2.75, 3.05) is 0 Å². The minimum absolute atomic E-state index is 0.143. The number of hydrogen-bond donors (Lipinski definition) is 0. The van der Waals surface area contributed by atoms with Crippen LogP contribution in [0.4, 0.5) is 0 Å². The van der Waals surface area contributed by atoms with Gasteiger partial charge in [-0.1, -0.05) is 45.8 Å². The van der Waals surface area contributed by atoms with Crippen LogP contribution in [0.2, 0.25) is 0 Å². The first-order chi connectivity index (χ1) is 12.9. The van der Waals surface area contributed by atoms with E-state index in [1.165, 1.54) is 10.2 Å². The molecule has 0 atom stereocenters. The molecule has 2 aromatic carbocycles. The van der Waals surface area contributed by atoms with Crippen molar-refractivity contribution in [1.29, 1.82) is 0 Å². The average molecular weight is 423 g/mol. The van der Waals surface area contributed by atoms with Crippen LogP contribution in [0.5, 0.6) is 0 Å². The van der Waals surface area contributed by atoms with Crippen LogP contribution in [0, 0.1) is 20.8 Å². The van der Waals surface area contributed by atoms with Gasteiger partial charge in [0, 0.05) is 9.86 Å². The summed E-state index contributed by atoms with van der Waals surface area (Å²) in [5.74, 6) is 0. The number of benzene rings is 2. The average Bonchev–Trinajstić information content (AvgIpc) is 3.07. The van der Waals surface area contributed by atoms with Crippen LogP contribution in [0.3, 0.4) is 0 Å². The van der Waals surface area contributed by atoms with E-state index in [2.05, 4.69) is 39.1 Å². The third-order valence-electron chi connectivity index (χ3n) is 4.69. The van der Waals surface area contributed by atoms with Crippen molar-refractivity contribution in [3.05, 3.63) is 85.9 Å². The molecule has 0 spiro atoms. The maximum Gasteiger partial charge on any atom is 0.293 e. The number of halogens is 1. The third-order valence-corrected chi connectivity index (χ3v) is 5.22. The molecule has 0 aliphatic heterocycles. The molecule has 0 N–H and O–H groups in total. The SMILES string of the molecule is Cc1ccc(-n2ncc3c(C)nn(Cc4ccc(Br)cc4)c(=O)c32)c(C)c1. The van der Waals surface area contributed by atoms with E-state index < -0.39 is 0 Å². The lowest BCUT2D eigenvalue weighted by molar-refractivity contribution is 0.634. The van der Waals surface area contributed by atoms with Crippen LogP contribution in [-0.2, 0) is 6.54 Å². The molecule has 4 aromatic rings. The lowest BCUT2D eigenvalue weighted by Gasteiger charge is -2.11. The summed E-state index contributed by atoms with van der Waals surface area (Å²) in [5.41, 5.74) is 5.39. The molecule has 4 rings (SSSR count). The van der Waals surface area contributed by atoms with Crippen LogP contribution >= 0.6 is 15.9 Å². The molecule has 0 aliphatic rings. The molecule has 2 heterocycles. The molecular formula is C21H19BrN4O. The molecule has 0 unspecified atom stereocenters. The maximum atomic E-state index is 13.2. The monoisotopic (exact) mass is 422 g/mol. The lowest BCUT2D eigenvalue weighted by Crippen LogP contribution is -2.26. The van der Waals surface area contributed by atoms with Crippen molar-refractivity contribution in [3.63, 3.8) is 0 Å². The number of aromatic nitrogens is 4. The fraction of sp³-hybridized carbons (Fsp3) is 0.190. The molecule has 0 bridgehead atoms. The maximum absolute atomic E-state index is 13.2. The Morgan fingerprint density at radius 3 is 2.48 bits per heavy atom. The van der Waals surface area contributed by atoms with E-state index in [1.54, 1.807) is 10.9 Å². The van der Waals surface area contributed by atoms with Gasteiger partial charge in [-0.05, 0) is 50.1 Å². The molecule has 0 aliphatic carbocycles. The molecule has 0 amide bonds. The zero-order chi connectivity index (χ0) is 19.1. The second kappa shape index (κ2) is 6.78. The minimum Gasteiger partial charge on any atom is -0.265 e. The summed E-state index contributed by atoms with van der Waals surface area (Å²) in [7, 11) is 0. The lowest BCUT2D eigenvalue weighted by atomic mass is 10.1. The van der Waals surface area contributed by atoms with Gasteiger partial charge in [0.05, 0.1) is 24.1 Å². The topological polar surface area (TPSA) is 52.7 Å². The fourth-order valence-electron chi connectivity index (χ4n) is 3.32. The normalized spacial score (nSPS) is 11.3. The van der Waals surface area contributed by atoms with E-state index in [4.69, 9.17) is 0 Å². The molecular weight excluding hydrogens is 404 g/mol. The standard InChI is InChI=1S/C21H19BrN4O/c1-13-4-9-19(14(2)10-13)26-20-18(11-23-26)15(3)24-25(21(20)27)12-16-5-7-17(22)8-6-16/h4-11H,12H2,1-3H3. The third kappa shape index (κ3) is 3.21. The first-order valence-electron chi connectivity index (χ1n) is 8.71. The highest BCUT2D eigenvalue weighted by Gasteiger charge is 2.16. The second-order valence-corrected chi connectivity index (χ2v) is 7.70. The quantitative estimate of drug-likeness (QED) is 0.493. The first-order valence-corrected chi connectivity index (χ1v) is 9.51. The van der Waals surface area contributed by atoms with Gasteiger partial charge in [0.25, 0.3) is 5.56 Å². The molecule has 6 heteroatoms. The summed E-state index contributed by atoms with van der Waals surface area (Å²) >= 11 is 3.44. The molecule has 0 fully saturated rings. The minimum atomic E-state index is -0.143. The summed E-state index contributed by atoms with van der Waals surface area (Å²) in [5, 5.41) is 9.78. The number of nitrogens with zero attached hydrogens (tertiary/aromatic N) is 4. The molecule has 2 aromatic heterocycles. The Balaban J connectivity index is 1.89. The predicted molar refractivity (Wildman–Crippen MR) is 111 cm³/mol. The van der Waals surface area contributed by atoms with Crippen LogP contribution in [-0.4, -0.2) is 19.6 Å². The van der Waals surface area contributed by atoms with Crippen LogP contribution < -0.4 is 5.56 Å². The number of fused-ring (bicyclic) bond motifs is 1. The van der Waals surface area contributed by atoms with Crippen molar-refractivity contribution in [3.8, 4) is 5.69 Å². The molecule has 0 saturated heterocycles. The number of hydrogen-bond acceptors (Lipinski definition) is 3. The van der Waals surface area contributed by atoms with Crippen LogP contribution in [0.1, 0.15) is 22.4 Å². The zero-order valence-electron chi connectivity index (χ0n) is 15.4. The van der Waals surface area contributed by atoms with Crippen molar-refractivity contribution in [2.24, 2.45) is 0 Å². The summed E-state index contributed by atoms with van der Waals surface area (Å²) < 4.78 is 4.26. The predicted octanol–water partition coefficient (Wildman–Crippen LogP) is 4.32.